The van der Waals surface area contributed by atoms with Gasteiger partial charge in [0, 0.05) is 31.1 Å². The third-order valence-electron chi connectivity index (χ3n) is 5.85. The third-order valence-corrected chi connectivity index (χ3v) is 6.93. The number of para-hydroxylation sites is 2. The van der Waals surface area contributed by atoms with E-state index >= 15 is 0 Å². The molecule has 2 aromatic rings. The maximum Gasteiger partial charge on any atom is 0.234 e. The molecule has 0 atom stereocenters. The fraction of sp³-hybridized carbons (Fsp3) is 0.476. The molecule has 2 aliphatic rings. The number of amides is 1. The lowest BCUT2D eigenvalue weighted by molar-refractivity contribution is -0.137. The van der Waals surface area contributed by atoms with Gasteiger partial charge in [0.2, 0.25) is 5.91 Å². The van der Waals surface area contributed by atoms with Crippen LogP contribution >= 0.6 is 11.3 Å². The summed E-state index contributed by atoms with van der Waals surface area (Å²) < 4.78 is 5.50. The van der Waals surface area contributed by atoms with E-state index in [2.05, 4.69) is 33.4 Å². The molecule has 5 heteroatoms. The zero-order chi connectivity index (χ0) is 18.0. The average Bonchev–Trinajstić information content (AvgIpc) is 3.40. The quantitative estimate of drug-likeness (QED) is 0.818. The van der Waals surface area contributed by atoms with Gasteiger partial charge in [-0.05, 0) is 36.4 Å². The van der Waals surface area contributed by atoms with Crippen molar-refractivity contribution in [3.05, 3.63) is 46.7 Å². The van der Waals surface area contributed by atoms with Crippen LogP contribution in [-0.4, -0.2) is 44.1 Å². The van der Waals surface area contributed by atoms with E-state index in [-0.39, 0.29) is 5.41 Å². The highest BCUT2D eigenvalue weighted by molar-refractivity contribution is 7.10. The fourth-order valence-corrected chi connectivity index (χ4v) is 5.42. The van der Waals surface area contributed by atoms with Crippen molar-refractivity contribution in [2.24, 2.45) is 0 Å². The van der Waals surface area contributed by atoms with Crippen molar-refractivity contribution in [2.45, 2.75) is 31.1 Å². The van der Waals surface area contributed by atoms with Gasteiger partial charge >= 0.3 is 0 Å². The number of hydrogen-bond donors (Lipinski definition) is 0. The summed E-state index contributed by atoms with van der Waals surface area (Å²) in [4.78, 5) is 19.2. The first kappa shape index (κ1) is 17.4. The number of rotatable bonds is 4. The summed E-state index contributed by atoms with van der Waals surface area (Å²) in [5.41, 5.74) is 0.858. The topological polar surface area (TPSA) is 32.8 Å². The molecule has 1 aromatic heterocycles. The van der Waals surface area contributed by atoms with Gasteiger partial charge < -0.3 is 14.5 Å². The van der Waals surface area contributed by atoms with E-state index in [1.807, 2.05) is 18.2 Å². The average molecular weight is 371 g/mol. The number of carbonyl (C=O) groups excluding carboxylic acids is 1. The van der Waals surface area contributed by atoms with E-state index in [0.29, 0.717) is 5.91 Å². The van der Waals surface area contributed by atoms with Crippen LogP contribution in [0, 0.1) is 0 Å². The highest BCUT2D eigenvalue weighted by Crippen LogP contribution is 2.44. The van der Waals surface area contributed by atoms with Gasteiger partial charge in [0.1, 0.15) is 5.75 Å². The molecule has 2 heterocycles. The van der Waals surface area contributed by atoms with Gasteiger partial charge in [0.15, 0.2) is 0 Å². The molecule has 4 rings (SSSR count). The Kier molecular flexibility index (Phi) is 4.90. The molecule has 2 fully saturated rings. The predicted octanol–water partition coefficient (Wildman–Crippen LogP) is 3.92. The molecule has 0 unspecified atom stereocenters. The summed E-state index contributed by atoms with van der Waals surface area (Å²) in [5, 5.41) is 2.10. The minimum atomic E-state index is -0.263. The number of methoxy groups -OCH3 is 1. The Bertz CT molecular complexity index is 745. The standard InChI is InChI=1S/C21H26N2O2S/c1-25-18-8-3-2-7-17(18)22-12-14-23(15-13-22)20(24)21(10-4-5-11-21)19-9-6-16-26-19/h2-3,6-9,16H,4-5,10-15H2,1H3. The fourth-order valence-electron chi connectivity index (χ4n) is 4.44. The van der Waals surface area contributed by atoms with Crippen molar-refractivity contribution < 1.29 is 9.53 Å². The predicted molar refractivity (Wildman–Crippen MR) is 106 cm³/mol. The molecule has 138 valence electrons. The van der Waals surface area contributed by atoms with Gasteiger partial charge in [-0.15, -0.1) is 11.3 Å². The van der Waals surface area contributed by atoms with E-state index in [0.717, 1.165) is 63.3 Å². The lowest BCUT2D eigenvalue weighted by Crippen LogP contribution is -2.54. The number of nitrogens with zero attached hydrogens (tertiary/aromatic N) is 2. The highest BCUT2D eigenvalue weighted by atomic mass is 32.1. The first-order valence-electron chi connectivity index (χ1n) is 9.46. The second-order valence-corrected chi connectivity index (χ2v) is 8.17. The van der Waals surface area contributed by atoms with Crippen molar-refractivity contribution in [1.29, 1.82) is 0 Å². The first-order chi connectivity index (χ1) is 12.7. The van der Waals surface area contributed by atoms with Crippen LogP contribution in [0.3, 0.4) is 0 Å². The molecule has 1 saturated carbocycles. The number of hydrogen-bond acceptors (Lipinski definition) is 4. The lowest BCUT2D eigenvalue weighted by atomic mass is 9.82. The summed E-state index contributed by atoms with van der Waals surface area (Å²) in [7, 11) is 1.71. The first-order valence-corrected chi connectivity index (χ1v) is 10.3. The highest BCUT2D eigenvalue weighted by Gasteiger charge is 2.46. The van der Waals surface area contributed by atoms with Crippen molar-refractivity contribution in [2.75, 3.05) is 38.2 Å². The Labute approximate surface area is 159 Å². The Morgan fingerprint density at radius 3 is 2.42 bits per heavy atom. The molecule has 4 nitrogen and oxygen atoms in total. The number of ether oxygens (including phenoxy) is 1. The second kappa shape index (κ2) is 7.31. The molecular weight excluding hydrogens is 344 g/mol. The monoisotopic (exact) mass is 370 g/mol. The van der Waals surface area contributed by atoms with Crippen LogP contribution in [-0.2, 0) is 10.2 Å². The van der Waals surface area contributed by atoms with Crippen LogP contribution in [0.4, 0.5) is 5.69 Å². The number of piperazine rings is 1. The Morgan fingerprint density at radius 1 is 1.04 bits per heavy atom. The summed E-state index contributed by atoms with van der Waals surface area (Å²) in [6.07, 6.45) is 4.31. The number of thiophene rings is 1. The van der Waals surface area contributed by atoms with E-state index in [1.165, 1.54) is 4.88 Å². The van der Waals surface area contributed by atoms with Crippen molar-refractivity contribution in [3.8, 4) is 5.75 Å². The minimum absolute atomic E-state index is 0.263. The summed E-state index contributed by atoms with van der Waals surface area (Å²) in [6, 6.07) is 12.4. The molecule has 0 radical (unpaired) electrons. The van der Waals surface area contributed by atoms with Crippen molar-refractivity contribution >= 4 is 22.9 Å². The third kappa shape index (κ3) is 2.98. The number of benzene rings is 1. The van der Waals surface area contributed by atoms with E-state index in [1.54, 1.807) is 18.4 Å². The van der Waals surface area contributed by atoms with Gasteiger partial charge in [-0.2, -0.15) is 0 Å². The number of anilines is 1. The van der Waals surface area contributed by atoms with Crippen LogP contribution in [0.1, 0.15) is 30.6 Å². The smallest absolute Gasteiger partial charge is 0.234 e. The van der Waals surface area contributed by atoms with Crippen LogP contribution < -0.4 is 9.64 Å². The maximum absolute atomic E-state index is 13.5. The van der Waals surface area contributed by atoms with Gasteiger partial charge in [0.05, 0.1) is 18.2 Å². The maximum atomic E-state index is 13.5. The SMILES string of the molecule is COc1ccccc1N1CCN(C(=O)C2(c3cccs3)CCCC2)CC1. The largest absolute Gasteiger partial charge is 0.495 e. The zero-order valence-corrected chi connectivity index (χ0v) is 16.1. The molecule has 1 aromatic carbocycles. The molecular formula is C21H26N2O2S. The summed E-state index contributed by atoms with van der Waals surface area (Å²) >= 11 is 1.74. The summed E-state index contributed by atoms with van der Waals surface area (Å²) in [5.74, 6) is 1.25. The molecule has 1 amide bonds. The minimum Gasteiger partial charge on any atom is -0.495 e. The number of carbonyl (C=O) groups is 1. The molecule has 26 heavy (non-hydrogen) atoms. The normalized spacial score (nSPS) is 19.6. The van der Waals surface area contributed by atoms with Crippen LogP contribution in [0.25, 0.3) is 0 Å². The molecule has 0 spiro atoms. The van der Waals surface area contributed by atoms with E-state index < -0.39 is 0 Å². The lowest BCUT2D eigenvalue weighted by Gasteiger charge is -2.40. The van der Waals surface area contributed by atoms with Gasteiger partial charge in [0.25, 0.3) is 0 Å². The summed E-state index contributed by atoms with van der Waals surface area (Å²) in [6.45, 7) is 3.27. The van der Waals surface area contributed by atoms with Crippen molar-refractivity contribution in [3.63, 3.8) is 0 Å². The Morgan fingerprint density at radius 2 is 1.77 bits per heavy atom. The van der Waals surface area contributed by atoms with E-state index in [9.17, 15) is 4.79 Å². The van der Waals surface area contributed by atoms with E-state index in [4.69, 9.17) is 4.74 Å². The van der Waals surface area contributed by atoms with Gasteiger partial charge in [-0.3, -0.25) is 4.79 Å². The zero-order valence-electron chi connectivity index (χ0n) is 15.3. The van der Waals surface area contributed by atoms with Crippen LogP contribution in [0.15, 0.2) is 41.8 Å². The van der Waals surface area contributed by atoms with Gasteiger partial charge in [-0.25, -0.2) is 0 Å². The van der Waals surface area contributed by atoms with Crippen LogP contribution in [0.5, 0.6) is 5.75 Å². The molecule has 1 aliphatic heterocycles. The Hall–Kier alpha value is -2.01. The molecule has 0 bridgehead atoms. The molecule has 0 N–H and O–H groups in total. The molecule has 1 aliphatic carbocycles. The Balaban J connectivity index is 1.48. The van der Waals surface area contributed by atoms with Crippen LogP contribution in [0.2, 0.25) is 0 Å². The van der Waals surface area contributed by atoms with Gasteiger partial charge in [-0.1, -0.05) is 31.0 Å². The van der Waals surface area contributed by atoms with Crippen molar-refractivity contribution in [1.82, 2.24) is 4.90 Å². The second-order valence-electron chi connectivity index (χ2n) is 7.22. The molecule has 1 saturated heterocycles.